The van der Waals surface area contributed by atoms with Crippen molar-refractivity contribution in [2.75, 3.05) is 13.7 Å². The van der Waals surface area contributed by atoms with Gasteiger partial charge in [0.1, 0.15) is 5.01 Å². The monoisotopic (exact) mass is 458 g/mol. The van der Waals surface area contributed by atoms with Gasteiger partial charge >= 0.3 is 0 Å². The number of H-pyrrole nitrogens is 1. The molecule has 9 heteroatoms. The summed E-state index contributed by atoms with van der Waals surface area (Å²) in [6, 6.07) is 13.4. The number of rotatable bonds is 8. The van der Waals surface area contributed by atoms with E-state index >= 15 is 0 Å². The molecule has 2 heterocycles. The van der Waals surface area contributed by atoms with Gasteiger partial charge in [0.15, 0.2) is 17.3 Å². The normalized spacial score (nSPS) is 10.9. The van der Waals surface area contributed by atoms with Crippen LogP contribution in [0.2, 0.25) is 5.02 Å². The van der Waals surface area contributed by atoms with Gasteiger partial charge in [-0.3, -0.25) is 5.10 Å². The highest BCUT2D eigenvalue weighted by Gasteiger charge is 2.12. The minimum atomic E-state index is 0.593. The van der Waals surface area contributed by atoms with Crippen LogP contribution < -0.4 is 9.47 Å². The zero-order chi connectivity index (χ0) is 20.9. The van der Waals surface area contributed by atoms with Crippen LogP contribution in [0.5, 0.6) is 11.5 Å². The maximum absolute atomic E-state index is 5.94. The fourth-order valence-corrected chi connectivity index (χ4v) is 4.51. The minimum Gasteiger partial charge on any atom is -0.493 e. The molecule has 1 N–H and O–H groups in total. The second kappa shape index (κ2) is 9.51. The van der Waals surface area contributed by atoms with Gasteiger partial charge in [-0.05, 0) is 49.4 Å². The predicted molar refractivity (Wildman–Crippen MR) is 122 cm³/mol. The number of benzene rings is 2. The van der Waals surface area contributed by atoms with Crippen LogP contribution in [-0.2, 0) is 5.75 Å². The Kier molecular flexibility index (Phi) is 6.56. The first-order valence-corrected chi connectivity index (χ1v) is 11.5. The van der Waals surface area contributed by atoms with Crippen LogP contribution in [0.4, 0.5) is 0 Å². The summed E-state index contributed by atoms with van der Waals surface area (Å²) in [6.45, 7) is 2.54. The SMILES string of the molecule is CCOc1ccc(-c2nc(CSc3n[nH]c(-c4ccc(Cl)cc4)n3)cs2)cc1OC. The molecule has 4 rings (SSSR count). The van der Waals surface area contributed by atoms with E-state index in [1.807, 2.05) is 49.4 Å². The van der Waals surface area contributed by atoms with Gasteiger partial charge in [-0.1, -0.05) is 23.4 Å². The molecule has 2 aromatic carbocycles. The highest BCUT2D eigenvalue weighted by molar-refractivity contribution is 7.98. The summed E-state index contributed by atoms with van der Waals surface area (Å²) < 4.78 is 11.0. The average Bonchev–Trinajstić information content (AvgIpc) is 3.43. The molecule has 0 bridgehead atoms. The van der Waals surface area contributed by atoms with Gasteiger partial charge in [0.2, 0.25) is 5.16 Å². The third kappa shape index (κ3) is 4.77. The fraction of sp³-hybridized carbons (Fsp3) is 0.190. The maximum Gasteiger partial charge on any atom is 0.209 e. The van der Waals surface area contributed by atoms with E-state index in [2.05, 4.69) is 20.6 Å². The smallest absolute Gasteiger partial charge is 0.209 e. The molecular formula is C21H19ClN4O2S2. The van der Waals surface area contributed by atoms with Crippen LogP contribution in [0.1, 0.15) is 12.6 Å². The van der Waals surface area contributed by atoms with Crippen molar-refractivity contribution in [3.63, 3.8) is 0 Å². The molecule has 0 saturated carbocycles. The Morgan fingerprint density at radius 1 is 1.07 bits per heavy atom. The van der Waals surface area contributed by atoms with E-state index in [9.17, 15) is 0 Å². The van der Waals surface area contributed by atoms with Crippen LogP contribution in [0.25, 0.3) is 22.0 Å². The van der Waals surface area contributed by atoms with Crippen LogP contribution in [-0.4, -0.2) is 33.9 Å². The van der Waals surface area contributed by atoms with Gasteiger partial charge in [0, 0.05) is 27.3 Å². The Labute approximate surface area is 187 Å². The van der Waals surface area contributed by atoms with Crippen molar-refractivity contribution >= 4 is 34.7 Å². The lowest BCUT2D eigenvalue weighted by Crippen LogP contribution is -1.95. The van der Waals surface area contributed by atoms with E-state index in [0.717, 1.165) is 33.4 Å². The number of nitrogens with zero attached hydrogens (tertiary/aromatic N) is 3. The Bertz CT molecular complexity index is 1130. The number of hydrogen-bond acceptors (Lipinski definition) is 7. The zero-order valence-electron chi connectivity index (χ0n) is 16.4. The lowest BCUT2D eigenvalue weighted by atomic mass is 10.2. The van der Waals surface area contributed by atoms with E-state index < -0.39 is 0 Å². The molecule has 0 spiro atoms. The first-order chi connectivity index (χ1) is 14.7. The molecule has 2 aromatic heterocycles. The molecule has 0 atom stereocenters. The average molecular weight is 459 g/mol. The number of thioether (sulfide) groups is 1. The number of ether oxygens (including phenoxy) is 2. The van der Waals surface area contributed by atoms with Gasteiger partial charge in [-0.2, -0.15) is 0 Å². The van der Waals surface area contributed by atoms with E-state index in [1.54, 1.807) is 18.4 Å². The van der Waals surface area contributed by atoms with Crippen molar-refractivity contribution in [3.05, 3.63) is 58.6 Å². The first kappa shape index (κ1) is 20.7. The molecule has 154 valence electrons. The lowest BCUT2D eigenvalue weighted by Gasteiger charge is -2.09. The molecule has 0 aliphatic carbocycles. The highest BCUT2D eigenvalue weighted by atomic mass is 35.5. The van der Waals surface area contributed by atoms with Crippen molar-refractivity contribution < 1.29 is 9.47 Å². The van der Waals surface area contributed by atoms with E-state index in [1.165, 1.54) is 11.8 Å². The molecule has 30 heavy (non-hydrogen) atoms. The van der Waals surface area contributed by atoms with Crippen molar-refractivity contribution in [2.24, 2.45) is 0 Å². The number of nitrogens with one attached hydrogen (secondary N) is 1. The molecule has 0 saturated heterocycles. The number of thiazole rings is 1. The molecule has 4 aromatic rings. The van der Waals surface area contributed by atoms with Gasteiger partial charge in [-0.15, -0.1) is 16.4 Å². The summed E-state index contributed by atoms with van der Waals surface area (Å²) >= 11 is 9.07. The zero-order valence-corrected chi connectivity index (χ0v) is 18.8. The van der Waals surface area contributed by atoms with Crippen LogP contribution >= 0.6 is 34.7 Å². The number of methoxy groups -OCH3 is 1. The van der Waals surface area contributed by atoms with Crippen molar-refractivity contribution in [1.29, 1.82) is 0 Å². The molecular weight excluding hydrogens is 440 g/mol. The largest absolute Gasteiger partial charge is 0.493 e. The fourth-order valence-electron chi connectivity index (χ4n) is 2.77. The first-order valence-electron chi connectivity index (χ1n) is 9.23. The second-order valence-electron chi connectivity index (χ2n) is 6.20. The van der Waals surface area contributed by atoms with Gasteiger partial charge in [-0.25, -0.2) is 9.97 Å². The Hall–Kier alpha value is -2.55. The highest BCUT2D eigenvalue weighted by Crippen LogP contribution is 2.34. The third-order valence-corrected chi connectivity index (χ3v) is 6.27. The summed E-state index contributed by atoms with van der Waals surface area (Å²) in [5.41, 5.74) is 2.92. The Balaban J connectivity index is 1.42. The predicted octanol–water partition coefficient (Wildman–Crippen LogP) is 5.95. The van der Waals surface area contributed by atoms with Crippen molar-refractivity contribution in [2.45, 2.75) is 17.8 Å². The topological polar surface area (TPSA) is 72.9 Å². The number of aromatic nitrogens is 4. The molecule has 0 aliphatic rings. The maximum atomic E-state index is 5.94. The number of hydrogen-bond donors (Lipinski definition) is 1. The van der Waals surface area contributed by atoms with Gasteiger partial charge in [0.25, 0.3) is 0 Å². The Morgan fingerprint density at radius 2 is 1.87 bits per heavy atom. The van der Waals surface area contributed by atoms with E-state index in [0.29, 0.717) is 28.3 Å². The van der Waals surface area contributed by atoms with E-state index in [4.69, 9.17) is 26.1 Å². The summed E-state index contributed by atoms with van der Waals surface area (Å²) in [4.78, 5) is 9.28. The van der Waals surface area contributed by atoms with Crippen molar-refractivity contribution in [3.8, 4) is 33.5 Å². The summed E-state index contributed by atoms with van der Waals surface area (Å²) in [6.07, 6.45) is 0. The summed E-state index contributed by atoms with van der Waals surface area (Å²) in [5.74, 6) is 2.84. The van der Waals surface area contributed by atoms with E-state index in [-0.39, 0.29) is 0 Å². The van der Waals surface area contributed by atoms with Crippen LogP contribution in [0, 0.1) is 0 Å². The van der Waals surface area contributed by atoms with Gasteiger partial charge in [0.05, 0.1) is 19.4 Å². The molecule has 0 fully saturated rings. The standard InChI is InChI=1S/C21H19ClN4O2S2/c1-3-28-17-9-6-14(10-18(17)27-2)20-23-16(11-29-20)12-30-21-24-19(25-26-21)13-4-7-15(22)8-5-13/h4-11H,3,12H2,1-2H3,(H,24,25,26). The third-order valence-electron chi connectivity index (χ3n) is 4.19. The molecule has 6 nitrogen and oxygen atoms in total. The molecule has 0 aliphatic heterocycles. The Morgan fingerprint density at radius 3 is 2.63 bits per heavy atom. The minimum absolute atomic E-state index is 0.593. The number of halogens is 1. The second-order valence-corrected chi connectivity index (χ2v) is 8.44. The lowest BCUT2D eigenvalue weighted by molar-refractivity contribution is 0.311. The number of aromatic amines is 1. The van der Waals surface area contributed by atoms with Crippen molar-refractivity contribution in [1.82, 2.24) is 20.2 Å². The molecule has 0 amide bonds. The van der Waals surface area contributed by atoms with Crippen LogP contribution in [0.15, 0.2) is 53.0 Å². The molecule has 0 unspecified atom stereocenters. The van der Waals surface area contributed by atoms with Gasteiger partial charge < -0.3 is 9.47 Å². The van der Waals surface area contributed by atoms with Crippen LogP contribution in [0.3, 0.4) is 0 Å². The summed E-state index contributed by atoms with van der Waals surface area (Å²) in [5, 5.41) is 11.6. The summed E-state index contributed by atoms with van der Waals surface area (Å²) in [7, 11) is 1.64. The quantitative estimate of drug-likeness (QED) is 0.329. The molecule has 0 radical (unpaired) electrons.